The van der Waals surface area contributed by atoms with E-state index in [4.69, 9.17) is 0 Å². The van der Waals surface area contributed by atoms with Gasteiger partial charge >= 0.3 is 0 Å². The van der Waals surface area contributed by atoms with Crippen LogP contribution in [0.25, 0.3) is 5.69 Å². The molecule has 0 fully saturated rings. The second-order valence-corrected chi connectivity index (χ2v) is 7.31. The van der Waals surface area contributed by atoms with Crippen LogP contribution in [0.15, 0.2) is 24.4 Å². The predicted molar refractivity (Wildman–Crippen MR) is 95.5 cm³/mol. The molecule has 1 aromatic carbocycles. The Kier molecular flexibility index (Phi) is 4.25. The van der Waals surface area contributed by atoms with Gasteiger partial charge in [0.1, 0.15) is 3.70 Å². The third-order valence-corrected chi connectivity index (χ3v) is 5.01. The first-order valence-corrected chi connectivity index (χ1v) is 8.68. The van der Waals surface area contributed by atoms with Crippen molar-refractivity contribution in [3.05, 3.63) is 44.8 Å². The lowest BCUT2D eigenvalue weighted by Gasteiger charge is -2.30. The molecule has 1 aromatic heterocycles. The van der Waals surface area contributed by atoms with Crippen LogP contribution in [-0.2, 0) is 6.42 Å². The number of carbonyl (C=O) groups excluding carboxylic acids is 1. The summed E-state index contributed by atoms with van der Waals surface area (Å²) in [6, 6.07) is 6.03. The second-order valence-electron chi connectivity index (χ2n) is 6.28. The number of aryl methyl sites for hydroxylation is 1. The summed E-state index contributed by atoms with van der Waals surface area (Å²) in [7, 11) is 0. The molecule has 1 aliphatic heterocycles. The van der Waals surface area contributed by atoms with Gasteiger partial charge in [0.05, 0.1) is 5.69 Å². The normalized spacial score (nSPS) is 14.6. The summed E-state index contributed by atoms with van der Waals surface area (Å²) in [6.07, 6.45) is 2.94. The molecule has 0 spiro atoms. The molecule has 2 heterocycles. The molecule has 3 rings (SSSR count). The molecule has 0 N–H and O–H groups in total. The molecule has 0 unspecified atom stereocenters. The molecule has 1 aliphatic rings. The first-order valence-electron chi connectivity index (χ1n) is 7.60. The van der Waals surface area contributed by atoms with E-state index in [0.29, 0.717) is 5.92 Å². The molecule has 4 nitrogen and oxygen atoms in total. The van der Waals surface area contributed by atoms with E-state index in [1.807, 2.05) is 27.9 Å². The standard InChI is InChI=1S/C17H20IN3O/c1-11(2)9-20-7-6-13-8-14(4-5-15(13)17(20)22)21-10-12(3)16(18)19-21/h4-5,8,10-11H,6-7,9H2,1-3H3. The molecule has 2 aromatic rings. The number of fused-ring (bicyclic) bond motifs is 1. The summed E-state index contributed by atoms with van der Waals surface area (Å²) >= 11 is 2.24. The largest absolute Gasteiger partial charge is 0.338 e. The number of carbonyl (C=O) groups is 1. The van der Waals surface area contributed by atoms with Gasteiger partial charge in [0, 0.05) is 30.4 Å². The fraction of sp³-hybridized carbons (Fsp3) is 0.412. The van der Waals surface area contributed by atoms with E-state index in [1.54, 1.807) is 0 Å². The molecule has 0 saturated heterocycles. The van der Waals surface area contributed by atoms with Gasteiger partial charge in [0.2, 0.25) is 0 Å². The average Bonchev–Trinajstić information content (AvgIpc) is 2.81. The number of benzene rings is 1. The van der Waals surface area contributed by atoms with Crippen molar-refractivity contribution in [2.75, 3.05) is 13.1 Å². The van der Waals surface area contributed by atoms with E-state index in [2.05, 4.69) is 54.5 Å². The molecule has 0 aliphatic carbocycles. The molecule has 22 heavy (non-hydrogen) atoms. The molecule has 0 saturated carbocycles. The van der Waals surface area contributed by atoms with Crippen molar-refractivity contribution >= 4 is 28.5 Å². The summed E-state index contributed by atoms with van der Waals surface area (Å²) < 4.78 is 2.90. The highest BCUT2D eigenvalue weighted by Crippen LogP contribution is 2.23. The van der Waals surface area contributed by atoms with Gasteiger partial charge in [-0.2, -0.15) is 5.10 Å². The van der Waals surface area contributed by atoms with Crippen LogP contribution < -0.4 is 0 Å². The van der Waals surface area contributed by atoms with Gasteiger partial charge in [0.25, 0.3) is 5.91 Å². The molecular weight excluding hydrogens is 389 g/mol. The summed E-state index contributed by atoms with van der Waals surface area (Å²) in [5.74, 6) is 0.659. The van der Waals surface area contributed by atoms with Crippen molar-refractivity contribution < 1.29 is 4.79 Å². The maximum Gasteiger partial charge on any atom is 0.254 e. The van der Waals surface area contributed by atoms with Gasteiger partial charge in [-0.3, -0.25) is 4.79 Å². The lowest BCUT2D eigenvalue weighted by Crippen LogP contribution is -2.39. The first kappa shape index (κ1) is 15.5. The van der Waals surface area contributed by atoms with E-state index < -0.39 is 0 Å². The SMILES string of the molecule is Cc1cn(-c2ccc3c(c2)CCN(CC(C)C)C3=O)nc1I. The fourth-order valence-corrected chi connectivity index (χ4v) is 3.22. The Morgan fingerprint density at radius 1 is 1.36 bits per heavy atom. The fourth-order valence-electron chi connectivity index (χ4n) is 2.85. The number of halogens is 1. The molecule has 0 radical (unpaired) electrons. The molecule has 0 atom stereocenters. The number of hydrogen-bond donors (Lipinski definition) is 0. The van der Waals surface area contributed by atoms with Crippen LogP contribution in [0.5, 0.6) is 0 Å². The second kappa shape index (κ2) is 6.02. The lowest BCUT2D eigenvalue weighted by molar-refractivity contribution is 0.0720. The minimum atomic E-state index is 0.160. The van der Waals surface area contributed by atoms with Crippen LogP contribution in [0, 0.1) is 16.5 Å². The molecule has 116 valence electrons. The highest BCUT2D eigenvalue weighted by molar-refractivity contribution is 14.1. The Morgan fingerprint density at radius 3 is 2.77 bits per heavy atom. The third kappa shape index (κ3) is 2.91. The van der Waals surface area contributed by atoms with Crippen LogP contribution in [0.2, 0.25) is 0 Å². The van der Waals surface area contributed by atoms with Gasteiger partial charge in [0.15, 0.2) is 0 Å². The predicted octanol–water partition coefficient (Wildman–Crippen LogP) is 3.44. The molecule has 0 bridgehead atoms. The van der Waals surface area contributed by atoms with Crippen LogP contribution in [0.1, 0.15) is 35.3 Å². The van der Waals surface area contributed by atoms with Gasteiger partial charge < -0.3 is 4.90 Å². The monoisotopic (exact) mass is 409 g/mol. The number of rotatable bonds is 3. The smallest absolute Gasteiger partial charge is 0.254 e. The van der Waals surface area contributed by atoms with E-state index in [1.165, 1.54) is 0 Å². The Hall–Kier alpha value is -1.37. The van der Waals surface area contributed by atoms with E-state index in [0.717, 1.165) is 45.6 Å². The Morgan fingerprint density at radius 2 is 2.14 bits per heavy atom. The van der Waals surface area contributed by atoms with Crippen LogP contribution in [-0.4, -0.2) is 33.7 Å². The first-order chi connectivity index (χ1) is 10.5. The number of hydrogen-bond acceptors (Lipinski definition) is 2. The number of amides is 1. The van der Waals surface area contributed by atoms with Gasteiger partial charge in [-0.1, -0.05) is 13.8 Å². The zero-order valence-electron chi connectivity index (χ0n) is 13.1. The number of nitrogens with zero attached hydrogens (tertiary/aromatic N) is 3. The van der Waals surface area contributed by atoms with Crippen molar-refractivity contribution in [2.24, 2.45) is 5.92 Å². The van der Waals surface area contributed by atoms with Gasteiger partial charge in [-0.25, -0.2) is 4.68 Å². The van der Waals surface area contributed by atoms with Crippen molar-refractivity contribution in [1.82, 2.24) is 14.7 Å². The van der Waals surface area contributed by atoms with Crippen molar-refractivity contribution in [2.45, 2.75) is 27.2 Å². The van der Waals surface area contributed by atoms with Crippen LogP contribution >= 0.6 is 22.6 Å². The Labute approximate surface area is 144 Å². The lowest BCUT2D eigenvalue weighted by atomic mass is 9.97. The van der Waals surface area contributed by atoms with Crippen LogP contribution in [0.4, 0.5) is 0 Å². The summed E-state index contributed by atoms with van der Waals surface area (Å²) in [5.41, 5.74) is 4.16. The molecular formula is C17H20IN3O. The molecule has 5 heteroatoms. The van der Waals surface area contributed by atoms with Crippen molar-refractivity contribution in [3.8, 4) is 5.69 Å². The topological polar surface area (TPSA) is 38.1 Å². The summed E-state index contributed by atoms with van der Waals surface area (Å²) in [5, 5.41) is 4.51. The minimum absolute atomic E-state index is 0.160. The van der Waals surface area contributed by atoms with Crippen LogP contribution in [0.3, 0.4) is 0 Å². The van der Waals surface area contributed by atoms with E-state index in [9.17, 15) is 4.79 Å². The van der Waals surface area contributed by atoms with Gasteiger partial charge in [-0.05, 0) is 65.6 Å². The molecule has 1 amide bonds. The highest BCUT2D eigenvalue weighted by Gasteiger charge is 2.25. The Balaban J connectivity index is 1.91. The van der Waals surface area contributed by atoms with E-state index >= 15 is 0 Å². The van der Waals surface area contributed by atoms with Crippen molar-refractivity contribution in [1.29, 1.82) is 0 Å². The van der Waals surface area contributed by atoms with E-state index in [-0.39, 0.29) is 5.91 Å². The highest BCUT2D eigenvalue weighted by atomic mass is 127. The third-order valence-electron chi connectivity index (χ3n) is 3.94. The zero-order chi connectivity index (χ0) is 15.9. The maximum atomic E-state index is 12.6. The average molecular weight is 409 g/mol. The Bertz CT molecular complexity index is 701. The minimum Gasteiger partial charge on any atom is -0.338 e. The summed E-state index contributed by atoms with van der Waals surface area (Å²) in [6.45, 7) is 7.98. The zero-order valence-corrected chi connectivity index (χ0v) is 15.3. The maximum absolute atomic E-state index is 12.6. The van der Waals surface area contributed by atoms with Gasteiger partial charge in [-0.15, -0.1) is 0 Å². The summed E-state index contributed by atoms with van der Waals surface area (Å²) in [4.78, 5) is 14.5. The quantitative estimate of drug-likeness (QED) is 0.729. The van der Waals surface area contributed by atoms with Crippen molar-refractivity contribution in [3.63, 3.8) is 0 Å². The number of aromatic nitrogens is 2.